The first-order valence-corrected chi connectivity index (χ1v) is 5.35. The van der Waals surface area contributed by atoms with Crippen LogP contribution in [0.1, 0.15) is 19.4 Å². The van der Waals surface area contributed by atoms with Crippen molar-refractivity contribution in [1.82, 2.24) is 0 Å². The smallest absolute Gasteiger partial charge is 0.140 e. The largest absolute Gasteiger partial charge is 0.495 e. The summed E-state index contributed by atoms with van der Waals surface area (Å²) in [5.41, 5.74) is 1.19. The van der Waals surface area contributed by atoms with Crippen LogP contribution in [-0.4, -0.2) is 13.7 Å². The van der Waals surface area contributed by atoms with Crippen molar-refractivity contribution < 1.29 is 9.47 Å². The van der Waals surface area contributed by atoms with Gasteiger partial charge in [0.2, 0.25) is 0 Å². The van der Waals surface area contributed by atoms with Crippen LogP contribution in [0, 0.1) is 0 Å². The quantitative estimate of drug-likeness (QED) is 0.769. The van der Waals surface area contributed by atoms with Crippen molar-refractivity contribution in [3.8, 4) is 11.5 Å². The number of fused-ring (bicyclic) bond motifs is 1. The highest BCUT2D eigenvalue weighted by Gasteiger charge is 2.35. The van der Waals surface area contributed by atoms with Gasteiger partial charge in [0.15, 0.2) is 0 Å². The Kier molecular flexibility index (Phi) is 2.22. The first-order valence-electron chi connectivity index (χ1n) is 4.56. The molecule has 14 heavy (non-hydrogen) atoms. The van der Waals surface area contributed by atoms with E-state index in [1.807, 2.05) is 12.1 Å². The Labute approximate surface area is 92.3 Å². The molecule has 0 aromatic heterocycles. The average molecular weight is 257 g/mol. The van der Waals surface area contributed by atoms with Crippen LogP contribution in [0.2, 0.25) is 0 Å². The molecule has 0 saturated heterocycles. The summed E-state index contributed by atoms with van der Waals surface area (Å²) in [6, 6.07) is 3.94. The van der Waals surface area contributed by atoms with Gasteiger partial charge in [-0.2, -0.15) is 0 Å². The summed E-state index contributed by atoms with van der Waals surface area (Å²) in [6.45, 7) is 5.04. The molecule has 0 N–H and O–H groups in total. The van der Waals surface area contributed by atoms with Gasteiger partial charge in [-0.25, -0.2) is 0 Å². The second kappa shape index (κ2) is 3.16. The summed E-state index contributed by atoms with van der Waals surface area (Å²) < 4.78 is 12.0. The summed E-state index contributed by atoms with van der Waals surface area (Å²) in [5, 5.41) is 0. The van der Waals surface area contributed by atoms with Crippen LogP contribution >= 0.6 is 15.9 Å². The highest BCUT2D eigenvalue weighted by molar-refractivity contribution is 9.10. The molecular weight excluding hydrogens is 244 g/mol. The van der Waals surface area contributed by atoms with E-state index in [0.717, 1.165) is 28.1 Å². The SMILES string of the molecule is COc1c(Br)ccc2c1C(C)(C)CO2. The molecule has 2 nitrogen and oxygen atoms in total. The van der Waals surface area contributed by atoms with Crippen molar-refractivity contribution in [3.05, 3.63) is 22.2 Å². The summed E-state index contributed by atoms with van der Waals surface area (Å²) in [5.74, 6) is 1.83. The molecule has 76 valence electrons. The van der Waals surface area contributed by atoms with Gasteiger partial charge >= 0.3 is 0 Å². The predicted octanol–water partition coefficient (Wildman–Crippen LogP) is 3.13. The van der Waals surface area contributed by atoms with Gasteiger partial charge < -0.3 is 9.47 Å². The topological polar surface area (TPSA) is 18.5 Å². The molecule has 0 radical (unpaired) electrons. The Hall–Kier alpha value is -0.700. The maximum absolute atomic E-state index is 5.61. The zero-order valence-electron chi connectivity index (χ0n) is 8.56. The lowest BCUT2D eigenvalue weighted by molar-refractivity contribution is 0.289. The van der Waals surface area contributed by atoms with Crippen LogP contribution in [0.3, 0.4) is 0 Å². The number of methoxy groups -OCH3 is 1. The summed E-state index contributed by atoms with van der Waals surface area (Å²) in [6.07, 6.45) is 0. The number of benzene rings is 1. The lowest BCUT2D eigenvalue weighted by atomic mass is 9.86. The van der Waals surface area contributed by atoms with Crippen LogP contribution in [-0.2, 0) is 5.41 Å². The van der Waals surface area contributed by atoms with Gasteiger partial charge in [-0.15, -0.1) is 0 Å². The van der Waals surface area contributed by atoms with Crippen LogP contribution in [0.4, 0.5) is 0 Å². The van der Waals surface area contributed by atoms with Crippen LogP contribution in [0.5, 0.6) is 11.5 Å². The van der Waals surface area contributed by atoms with E-state index in [1.165, 1.54) is 0 Å². The number of rotatable bonds is 1. The molecule has 0 atom stereocenters. The minimum Gasteiger partial charge on any atom is -0.495 e. The second-order valence-corrected chi connectivity index (χ2v) is 4.98. The fourth-order valence-corrected chi connectivity index (χ4v) is 2.32. The Balaban J connectivity index is 2.66. The standard InChI is InChI=1S/C11H13BrO2/c1-11(2)6-14-8-5-4-7(12)10(13-3)9(8)11/h4-5H,6H2,1-3H3. The minimum atomic E-state index is 0.0322. The van der Waals surface area contributed by atoms with E-state index in [1.54, 1.807) is 7.11 Å². The minimum absolute atomic E-state index is 0.0322. The number of hydrogen-bond acceptors (Lipinski definition) is 2. The summed E-state index contributed by atoms with van der Waals surface area (Å²) >= 11 is 3.48. The van der Waals surface area contributed by atoms with E-state index >= 15 is 0 Å². The third-order valence-electron chi connectivity index (χ3n) is 2.54. The van der Waals surface area contributed by atoms with E-state index < -0.39 is 0 Å². The van der Waals surface area contributed by atoms with Crippen molar-refractivity contribution in [2.24, 2.45) is 0 Å². The molecule has 1 aliphatic rings. The van der Waals surface area contributed by atoms with E-state index in [9.17, 15) is 0 Å². The molecule has 1 aliphatic heterocycles. The van der Waals surface area contributed by atoms with Gasteiger partial charge in [0.05, 0.1) is 18.2 Å². The third-order valence-corrected chi connectivity index (χ3v) is 3.17. The van der Waals surface area contributed by atoms with Gasteiger partial charge in [0, 0.05) is 11.0 Å². The number of halogens is 1. The lowest BCUT2D eigenvalue weighted by Crippen LogP contribution is -2.19. The van der Waals surface area contributed by atoms with E-state index in [0.29, 0.717) is 0 Å². The predicted molar refractivity (Wildman–Crippen MR) is 59.2 cm³/mol. The lowest BCUT2D eigenvalue weighted by Gasteiger charge is -2.18. The summed E-state index contributed by atoms with van der Waals surface area (Å²) in [4.78, 5) is 0. The van der Waals surface area contributed by atoms with Crippen molar-refractivity contribution in [2.75, 3.05) is 13.7 Å². The zero-order chi connectivity index (χ0) is 10.3. The van der Waals surface area contributed by atoms with Gasteiger partial charge in [0.25, 0.3) is 0 Å². The monoisotopic (exact) mass is 256 g/mol. The molecule has 1 aromatic rings. The van der Waals surface area contributed by atoms with Gasteiger partial charge in [-0.3, -0.25) is 0 Å². The number of hydrogen-bond donors (Lipinski definition) is 0. The molecule has 0 fully saturated rings. The molecule has 0 saturated carbocycles. The second-order valence-electron chi connectivity index (χ2n) is 4.13. The molecule has 0 aliphatic carbocycles. The van der Waals surface area contributed by atoms with Gasteiger partial charge in [-0.05, 0) is 28.1 Å². The molecule has 0 spiro atoms. The van der Waals surface area contributed by atoms with Crippen molar-refractivity contribution in [1.29, 1.82) is 0 Å². The Morgan fingerprint density at radius 1 is 1.43 bits per heavy atom. The Bertz CT molecular complexity index is 372. The van der Waals surface area contributed by atoms with Crippen molar-refractivity contribution in [3.63, 3.8) is 0 Å². The van der Waals surface area contributed by atoms with Gasteiger partial charge in [0.1, 0.15) is 11.5 Å². The maximum atomic E-state index is 5.61. The highest BCUT2D eigenvalue weighted by Crippen LogP contribution is 2.47. The molecule has 2 rings (SSSR count). The maximum Gasteiger partial charge on any atom is 0.140 e. The molecular formula is C11H13BrO2. The van der Waals surface area contributed by atoms with Crippen LogP contribution in [0.15, 0.2) is 16.6 Å². The molecule has 0 amide bonds. The Morgan fingerprint density at radius 2 is 2.14 bits per heavy atom. The van der Waals surface area contributed by atoms with Gasteiger partial charge in [-0.1, -0.05) is 13.8 Å². The average Bonchev–Trinajstić information content (AvgIpc) is 2.43. The zero-order valence-corrected chi connectivity index (χ0v) is 10.1. The van der Waals surface area contributed by atoms with Crippen molar-refractivity contribution >= 4 is 15.9 Å². The first-order chi connectivity index (χ1) is 6.56. The molecule has 3 heteroatoms. The van der Waals surface area contributed by atoms with Crippen molar-refractivity contribution in [2.45, 2.75) is 19.3 Å². The third kappa shape index (κ3) is 1.31. The van der Waals surface area contributed by atoms with Crippen LogP contribution in [0.25, 0.3) is 0 Å². The molecule has 1 aromatic carbocycles. The fraction of sp³-hybridized carbons (Fsp3) is 0.455. The molecule has 0 bridgehead atoms. The molecule has 1 heterocycles. The fourth-order valence-electron chi connectivity index (χ4n) is 1.83. The summed E-state index contributed by atoms with van der Waals surface area (Å²) in [7, 11) is 1.69. The van der Waals surface area contributed by atoms with E-state index in [2.05, 4.69) is 29.8 Å². The van der Waals surface area contributed by atoms with E-state index in [4.69, 9.17) is 9.47 Å². The van der Waals surface area contributed by atoms with E-state index in [-0.39, 0.29) is 5.41 Å². The van der Waals surface area contributed by atoms with Crippen LogP contribution < -0.4 is 9.47 Å². The number of ether oxygens (including phenoxy) is 2. The molecule has 0 unspecified atom stereocenters. The Morgan fingerprint density at radius 3 is 2.79 bits per heavy atom. The normalized spacial score (nSPS) is 17.4. The first kappa shape index (κ1) is 9.84. The highest BCUT2D eigenvalue weighted by atomic mass is 79.9.